The van der Waals surface area contributed by atoms with E-state index in [2.05, 4.69) is 29.0 Å². The number of aromatic amines is 1. The van der Waals surface area contributed by atoms with Crippen LogP contribution in [0.5, 0.6) is 0 Å². The summed E-state index contributed by atoms with van der Waals surface area (Å²) in [7, 11) is 0. The molecule has 0 saturated carbocycles. The van der Waals surface area contributed by atoms with Gasteiger partial charge in [0.1, 0.15) is 0 Å². The van der Waals surface area contributed by atoms with E-state index in [9.17, 15) is 4.79 Å². The Hall–Kier alpha value is -1.49. The number of H-pyrrole nitrogens is 1. The highest BCUT2D eigenvalue weighted by Crippen LogP contribution is 2.21. The van der Waals surface area contributed by atoms with Gasteiger partial charge in [-0.05, 0) is 37.5 Å². The smallest absolute Gasteiger partial charge is 0.233 e. The first-order valence-corrected chi connectivity index (χ1v) is 9.08. The molecule has 0 unspecified atom stereocenters. The van der Waals surface area contributed by atoms with Crippen molar-refractivity contribution in [2.75, 3.05) is 18.8 Å². The summed E-state index contributed by atoms with van der Waals surface area (Å²) < 4.78 is 0. The number of fused-ring (bicyclic) bond motifs is 1. The molecule has 4 nitrogen and oxygen atoms in total. The van der Waals surface area contributed by atoms with E-state index < -0.39 is 0 Å². The second-order valence-electron chi connectivity index (χ2n) is 6.00. The predicted molar refractivity (Wildman–Crippen MR) is 91.2 cm³/mol. The van der Waals surface area contributed by atoms with Gasteiger partial charge in [0.05, 0.1) is 16.8 Å². The number of thioether (sulfide) groups is 1. The van der Waals surface area contributed by atoms with Crippen molar-refractivity contribution >= 4 is 28.7 Å². The van der Waals surface area contributed by atoms with Crippen molar-refractivity contribution in [2.45, 2.75) is 44.2 Å². The maximum Gasteiger partial charge on any atom is 0.233 e. The van der Waals surface area contributed by atoms with E-state index in [-0.39, 0.29) is 5.91 Å². The lowest BCUT2D eigenvalue weighted by atomic mass is 10.1. The van der Waals surface area contributed by atoms with E-state index in [0.717, 1.165) is 42.1 Å². The van der Waals surface area contributed by atoms with Crippen LogP contribution in [-0.4, -0.2) is 39.6 Å². The summed E-state index contributed by atoms with van der Waals surface area (Å²) in [6.07, 6.45) is 6.09. The Bertz CT molecular complexity index is 644. The molecule has 1 saturated heterocycles. The zero-order chi connectivity index (χ0) is 15.4. The van der Waals surface area contributed by atoms with Crippen LogP contribution in [0.15, 0.2) is 23.4 Å². The van der Waals surface area contributed by atoms with Gasteiger partial charge in [0.15, 0.2) is 5.16 Å². The quantitative estimate of drug-likeness (QED) is 0.877. The number of carbonyl (C=O) groups is 1. The zero-order valence-corrected chi connectivity index (χ0v) is 13.9. The highest BCUT2D eigenvalue weighted by molar-refractivity contribution is 7.99. The van der Waals surface area contributed by atoms with Crippen LogP contribution in [0.2, 0.25) is 0 Å². The van der Waals surface area contributed by atoms with Gasteiger partial charge in [-0.3, -0.25) is 4.79 Å². The Labute approximate surface area is 135 Å². The number of rotatable bonds is 3. The standard InChI is InChI=1S/C17H23N3OS/c1-13-7-8-14-15(11-13)19-17(18-14)22-12-16(21)20-9-5-3-2-4-6-10-20/h7-8,11H,2-6,9-10,12H2,1H3,(H,18,19). The summed E-state index contributed by atoms with van der Waals surface area (Å²) in [5, 5.41) is 0.834. The van der Waals surface area contributed by atoms with Gasteiger partial charge < -0.3 is 9.88 Å². The maximum atomic E-state index is 12.4. The van der Waals surface area contributed by atoms with Crippen molar-refractivity contribution in [3.63, 3.8) is 0 Å². The highest BCUT2D eigenvalue weighted by atomic mass is 32.2. The molecule has 0 atom stereocenters. The Morgan fingerprint density at radius 2 is 1.95 bits per heavy atom. The number of likely N-dealkylation sites (tertiary alicyclic amines) is 1. The van der Waals surface area contributed by atoms with Crippen LogP contribution in [0.3, 0.4) is 0 Å². The van der Waals surface area contributed by atoms with Gasteiger partial charge in [-0.25, -0.2) is 4.98 Å². The van der Waals surface area contributed by atoms with Gasteiger partial charge in [0.2, 0.25) is 5.91 Å². The minimum absolute atomic E-state index is 0.239. The SMILES string of the molecule is Cc1ccc2nc(SCC(=O)N3CCCCCCC3)[nH]c2c1. The number of benzene rings is 1. The topological polar surface area (TPSA) is 49.0 Å². The molecular formula is C17H23N3OS. The average Bonchev–Trinajstić information content (AvgIpc) is 2.86. The maximum absolute atomic E-state index is 12.4. The Balaban J connectivity index is 1.59. The van der Waals surface area contributed by atoms with Gasteiger partial charge in [-0.15, -0.1) is 0 Å². The number of nitrogens with one attached hydrogen (secondary N) is 1. The molecule has 1 aromatic carbocycles. The Morgan fingerprint density at radius 3 is 2.73 bits per heavy atom. The first-order chi connectivity index (χ1) is 10.7. The minimum Gasteiger partial charge on any atom is -0.342 e. The molecule has 0 bridgehead atoms. The van der Waals surface area contributed by atoms with Crippen molar-refractivity contribution < 1.29 is 4.79 Å². The Kier molecular flexibility index (Phi) is 5.03. The lowest BCUT2D eigenvalue weighted by molar-refractivity contribution is -0.128. The number of aromatic nitrogens is 2. The van der Waals surface area contributed by atoms with Crippen LogP contribution in [0.4, 0.5) is 0 Å². The molecule has 1 aliphatic heterocycles. The molecule has 1 aliphatic rings. The van der Waals surface area contributed by atoms with E-state index >= 15 is 0 Å². The number of amides is 1. The third-order valence-electron chi connectivity index (χ3n) is 4.16. The monoisotopic (exact) mass is 317 g/mol. The third kappa shape index (κ3) is 3.83. The van der Waals surface area contributed by atoms with E-state index in [1.807, 2.05) is 11.0 Å². The molecule has 0 radical (unpaired) electrons. The fraction of sp³-hybridized carbons (Fsp3) is 0.529. The van der Waals surface area contributed by atoms with Crippen molar-refractivity contribution in [3.8, 4) is 0 Å². The molecule has 5 heteroatoms. The second kappa shape index (κ2) is 7.18. The fourth-order valence-corrected chi connectivity index (χ4v) is 3.67. The molecule has 1 amide bonds. The highest BCUT2D eigenvalue weighted by Gasteiger charge is 2.15. The number of hydrogen-bond donors (Lipinski definition) is 1. The van der Waals surface area contributed by atoms with Gasteiger partial charge in [-0.1, -0.05) is 37.1 Å². The van der Waals surface area contributed by atoms with E-state index in [1.165, 1.54) is 36.6 Å². The van der Waals surface area contributed by atoms with E-state index in [4.69, 9.17) is 0 Å². The van der Waals surface area contributed by atoms with Crippen LogP contribution in [0.1, 0.15) is 37.7 Å². The van der Waals surface area contributed by atoms with Crippen LogP contribution in [-0.2, 0) is 4.79 Å². The first-order valence-electron chi connectivity index (χ1n) is 8.09. The molecule has 1 N–H and O–H groups in total. The van der Waals surface area contributed by atoms with Crippen LogP contribution >= 0.6 is 11.8 Å². The summed E-state index contributed by atoms with van der Waals surface area (Å²) >= 11 is 1.51. The van der Waals surface area contributed by atoms with E-state index in [1.54, 1.807) is 0 Å². The van der Waals surface area contributed by atoms with Crippen molar-refractivity contribution in [1.29, 1.82) is 0 Å². The number of nitrogens with zero attached hydrogens (tertiary/aromatic N) is 2. The molecule has 2 heterocycles. The normalized spacial score (nSPS) is 16.5. The van der Waals surface area contributed by atoms with Crippen LogP contribution in [0, 0.1) is 6.92 Å². The third-order valence-corrected chi connectivity index (χ3v) is 5.01. The molecule has 3 rings (SSSR count). The number of carbonyl (C=O) groups excluding carboxylic acids is 1. The summed E-state index contributed by atoms with van der Waals surface area (Å²) in [4.78, 5) is 22.2. The molecule has 0 aliphatic carbocycles. The minimum atomic E-state index is 0.239. The summed E-state index contributed by atoms with van der Waals surface area (Å²) in [5.74, 6) is 0.710. The van der Waals surface area contributed by atoms with Gasteiger partial charge in [0, 0.05) is 13.1 Å². The molecule has 0 spiro atoms. The fourth-order valence-electron chi connectivity index (χ4n) is 2.89. The van der Waals surface area contributed by atoms with Crippen LogP contribution in [0.25, 0.3) is 11.0 Å². The van der Waals surface area contributed by atoms with Gasteiger partial charge in [-0.2, -0.15) is 0 Å². The molecule has 22 heavy (non-hydrogen) atoms. The lowest BCUT2D eigenvalue weighted by Gasteiger charge is -2.24. The van der Waals surface area contributed by atoms with Crippen LogP contribution < -0.4 is 0 Å². The first kappa shape index (κ1) is 15.4. The van der Waals surface area contributed by atoms with Gasteiger partial charge in [0.25, 0.3) is 0 Å². The summed E-state index contributed by atoms with van der Waals surface area (Å²) in [6.45, 7) is 3.90. The Morgan fingerprint density at radius 1 is 1.23 bits per heavy atom. The van der Waals surface area contributed by atoms with Crippen molar-refractivity contribution in [1.82, 2.24) is 14.9 Å². The molecule has 1 aromatic heterocycles. The molecule has 1 fully saturated rings. The molecule has 118 valence electrons. The zero-order valence-electron chi connectivity index (χ0n) is 13.1. The molecule has 2 aromatic rings. The summed E-state index contributed by atoms with van der Waals surface area (Å²) in [6, 6.07) is 6.17. The van der Waals surface area contributed by atoms with Crippen molar-refractivity contribution in [3.05, 3.63) is 23.8 Å². The summed E-state index contributed by atoms with van der Waals surface area (Å²) in [5.41, 5.74) is 3.22. The van der Waals surface area contributed by atoms with E-state index in [0.29, 0.717) is 5.75 Å². The number of aryl methyl sites for hydroxylation is 1. The van der Waals surface area contributed by atoms with Crippen molar-refractivity contribution in [2.24, 2.45) is 0 Å². The predicted octanol–water partition coefficient (Wildman–Crippen LogP) is 3.76. The number of imidazole rings is 1. The average molecular weight is 317 g/mol. The van der Waals surface area contributed by atoms with Gasteiger partial charge >= 0.3 is 0 Å². The largest absolute Gasteiger partial charge is 0.342 e. The second-order valence-corrected chi connectivity index (χ2v) is 6.96. The lowest BCUT2D eigenvalue weighted by Crippen LogP contribution is -2.35. The number of hydrogen-bond acceptors (Lipinski definition) is 3. The molecular weight excluding hydrogens is 294 g/mol.